The average Bonchev–Trinajstić information content (AvgIpc) is 1.86. The van der Waals surface area contributed by atoms with Crippen molar-refractivity contribution in [3.63, 3.8) is 0 Å². The molecule has 0 aromatic rings. The van der Waals surface area contributed by atoms with E-state index >= 15 is 0 Å². The maximum absolute atomic E-state index is 9.52. The summed E-state index contributed by atoms with van der Waals surface area (Å²) < 4.78 is 0. The van der Waals surface area contributed by atoms with Crippen molar-refractivity contribution in [3.8, 4) is 0 Å². The molecule has 2 heteroatoms. The molecule has 0 heterocycles. The van der Waals surface area contributed by atoms with Gasteiger partial charge in [-0.25, -0.2) is 0 Å². The highest BCUT2D eigenvalue weighted by Gasteiger charge is 2.24. The highest BCUT2D eigenvalue weighted by molar-refractivity contribution is 4.93. The van der Waals surface area contributed by atoms with Crippen LogP contribution < -0.4 is 0 Å². The fourth-order valence-electron chi connectivity index (χ4n) is 0.763. The Morgan fingerprint density at radius 3 is 2.18 bits per heavy atom. The van der Waals surface area contributed by atoms with Gasteiger partial charge in [-0.2, -0.15) is 0 Å². The third-order valence-electron chi connectivity index (χ3n) is 1.95. The topological polar surface area (TPSA) is 40.5 Å². The number of aliphatic hydroxyl groups excluding tert-OH is 2. The number of aliphatic hydroxyl groups is 2. The summed E-state index contributed by atoms with van der Waals surface area (Å²) in [5.41, 5.74) is -0.309. The minimum atomic E-state index is -0.514. The van der Waals surface area contributed by atoms with E-state index < -0.39 is 12.2 Å². The minimum Gasteiger partial charge on any atom is -0.393 e. The normalized spacial score (nSPS) is 17.5. The first-order valence-corrected chi connectivity index (χ1v) is 3.90. The molecule has 0 aliphatic carbocycles. The molecule has 0 spiro atoms. The maximum Gasteiger partial charge on any atom is 0.0649 e. The van der Waals surface area contributed by atoms with Crippen molar-refractivity contribution < 1.29 is 10.2 Å². The van der Waals surface area contributed by atoms with Crippen molar-refractivity contribution in [1.82, 2.24) is 0 Å². The van der Waals surface area contributed by atoms with Crippen LogP contribution in [0.2, 0.25) is 0 Å². The average molecular weight is 158 g/mol. The first kappa shape index (κ1) is 10.7. The molecular formula is C9H18O2. The summed E-state index contributed by atoms with van der Waals surface area (Å²) >= 11 is 0. The van der Waals surface area contributed by atoms with E-state index in [2.05, 4.69) is 6.58 Å². The van der Waals surface area contributed by atoms with E-state index in [0.29, 0.717) is 6.42 Å². The molecule has 0 saturated heterocycles. The molecular weight excluding hydrogens is 140 g/mol. The molecule has 0 amide bonds. The molecule has 0 fully saturated rings. The van der Waals surface area contributed by atoms with E-state index in [1.54, 1.807) is 13.0 Å². The first-order chi connectivity index (χ1) is 4.90. The minimum absolute atomic E-state index is 0.309. The van der Waals surface area contributed by atoms with Gasteiger partial charge in [0.1, 0.15) is 0 Å². The summed E-state index contributed by atoms with van der Waals surface area (Å²) in [7, 11) is 0. The van der Waals surface area contributed by atoms with Gasteiger partial charge in [0.15, 0.2) is 0 Å². The molecule has 0 rings (SSSR count). The molecule has 2 nitrogen and oxygen atoms in total. The lowest BCUT2D eigenvalue weighted by Crippen LogP contribution is -2.30. The third-order valence-corrected chi connectivity index (χ3v) is 1.95. The van der Waals surface area contributed by atoms with E-state index in [-0.39, 0.29) is 5.41 Å². The Kier molecular flexibility index (Phi) is 3.76. The highest BCUT2D eigenvalue weighted by Crippen LogP contribution is 2.24. The standard InChI is InChI=1S/C9H18O2/c1-5-9(3,4)8(11)6-7(2)10/h5,7-8,10-11H,1,6H2,2-4H3. The summed E-state index contributed by atoms with van der Waals surface area (Å²) in [6.45, 7) is 9.08. The molecule has 0 bridgehead atoms. The quantitative estimate of drug-likeness (QED) is 0.606. The Morgan fingerprint density at radius 2 is 1.91 bits per heavy atom. The Balaban J connectivity index is 4.01. The van der Waals surface area contributed by atoms with Crippen LogP contribution in [0.3, 0.4) is 0 Å². The zero-order valence-electron chi connectivity index (χ0n) is 7.54. The predicted octanol–water partition coefficient (Wildman–Crippen LogP) is 1.33. The summed E-state index contributed by atoms with van der Waals surface area (Å²) in [5, 5.41) is 18.5. The molecule has 2 unspecified atom stereocenters. The summed E-state index contributed by atoms with van der Waals surface area (Å²) in [4.78, 5) is 0. The van der Waals surface area contributed by atoms with Crippen molar-refractivity contribution in [2.75, 3.05) is 0 Å². The van der Waals surface area contributed by atoms with Crippen LogP contribution in [-0.2, 0) is 0 Å². The molecule has 2 atom stereocenters. The van der Waals surface area contributed by atoms with Crippen LogP contribution in [0.25, 0.3) is 0 Å². The lowest BCUT2D eigenvalue weighted by Gasteiger charge is -2.27. The second-order valence-corrected chi connectivity index (χ2v) is 3.63. The van der Waals surface area contributed by atoms with Crippen LogP contribution in [0.1, 0.15) is 27.2 Å². The fourth-order valence-corrected chi connectivity index (χ4v) is 0.763. The SMILES string of the molecule is C=CC(C)(C)C(O)CC(C)O. The lowest BCUT2D eigenvalue weighted by atomic mass is 9.84. The summed E-state index contributed by atoms with van der Waals surface area (Å²) in [5.74, 6) is 0. The van der Waals surface area contributed by atoms with Crippen molar-refractivity contribution >= 4 is 0 Å². The second kappa shape index (κ2) is 3.88. The van der Waals surface area contributed by atoms with Crippen molar-refractivity contribution in [3.05, 3.63) is 12.7 Å². The Bertz CT molecular complexity index is 128. The van der Waals surface area contributed by atoms with E-state index in [1.807, 2.05) is 13.8 Å². The molecule has 0 aromatic heterocycles. The van der Waals surface area contributed by atoms with Gasteiger partial charge in [-0.1, -0.05) is 19.9 Å². The van der Waals surface area contributed by atoms with Crippen LogP contribution >= 0.6 is 0 Å². The summed E-state index contributed by atoms with van der Waals surface area (Å²) in [6, 6.07) is 0. The van der Waals surface area contributed by atoms with E-state index in [0.717, 1.165) is 0 Å². The van der Waals surface area contributed by atoms with Gasteiger partial charge in [0.25, 0.3) is 0 Å². The van der Waals surface area contributed by atoms with Gasteiger partial charge in [-0.3, -0.25) is 0 Å². The predicted molar refractivity (Wildman–Crippen MR) is 46.3 cm³/mol. The Hall–Kier alpha value is -0.340. The zero-order chi connectivity index (χ0) is 9.07. The van der Waals surface area contributed by atoms with Gasteiger partial charge < -0.3 is 10.2 Å². The second-order valence-electron chi connectivity index (χ2n) is 3.63. The van der Waals surface area contributed by atoms with Crippen molar-refractivity contribution in [2.24, 2.45) is 5.41 Å². The fraction of sp³-hybridized carbons (Fsp3) is 0.778. The molecule has 0 radical (unpaired) electrons. The lowest BCUT2D eigenvalue weighted by molar-refractivity contribution is 0.0323. The van der Waals surface area contributed by atoms with E-state index in [4.69, 9.17) is 5.11 Å². The van der Waals surface area contributed by atoms with Crippen molar-refractivity contribution in [1.29, 1.82) is 0 Å². The molecule has 2 N–H and O–H groups in total. The molecule has 66 valence electrons. The number of hydrogen-bond donors (Lipinski definition) is 2. The monoisotopic (exact) mass is 158 g/mol. The van der Waals surface area contributed by atoms with Crippen molar-refractivity contribution in [2.45, 2.75) is 39.4 Å². The maximum atomic E-state index is 9.52. The summed E-state index contributed by atoms with van der Waals surface area (Å²) in [6.07, 6.45) is 1.14. The van der Waals surface area contributed by atoms with Gasteiger partial charge in [-0.05, 0) is 13.3 Å². The first-order valence-electron chi connectivity index (χ1n) is 3.90. The number of hydrogen-bond acceptors (Lipinski definition) is 2. The smallest absolute Gasteiger partial charge is 0.0649 e. The number of rotatable bonds is 4. The van der Waals surface area contributed by atoms with Crippen LogP contribution in [0.4, 0.5) is 0 Å². The van der Waals surface area contributed by atoms with Crippen LogP contribution in [0.5, 0.6) is 0 Å². The molecule has 11 heavy (non-hydrogen) atoms. The van der Waals surface area contributed by atoms with Crippen LogP contribution in [0.15, 0.2) is 12.7 Å². The van der Waals surface area contributed by atoms with Gasteiger partial charge in [0, 0.05) is 5.41 Å². The largest absolute Gasteiger partial charge is 0.393 e. The van der Waals surface area contributed by atoms with E-state index in [1.165, 1.54) is 0 Å². The van der Waals surface area contributed by atoms with Gasteiger partial charge in [-0.15, -0.1) is 6.58 Å². The third kappa shape index (κ3) is 3.54. The Morgan fingerprint density at radius 1 is 1.45 bits per heavy atom. The van der Waals surface area contributed by atoms with Crippen LogP contribution in [0, 0.1) is 5.41 Å². The zero-order valence-corrected chi connectivity index (χ0v) is 7.54. The van der Waals surface area contributed by atoms with Gasteiger partial charge in [0.05, 0.1) is 12.2 Å². The van der Waals surface area contributed by atoms with E-state index in [9.17, 15) is 5.11 Å². The van der Waals surface area contributed by atoms with Crippen LogP contribution in [-0.4, -0.2) is 22.4 Å². The molecule has 0 aromatic carbocycles. The molecule has 0 aliphatic heterocycles. The van der Waals surface area contributed by atoms with Gasteiger partial charge in [0.2, 0.25) is 0 Å². The van der Waals surface area contributed by atoms with Gasteiger partial charge >= 0.3 is 0 Å². The highest BCUT2D eigenvalue weighted by atomic mass is 16.3. The molecule has 0 saturated carbocycles. The molecule has 0 aliphatic rings. The Labute approximate surface area is 68.6 Å².